The maximum absolute atomic E-state index is 11.8. The van der Waals surface area contributed by atoms with E-state index in [-0.39, 0.29) is 11.4 Å². The van der Waals surface area contributed by atoms with E-state index in [0.717, 1.165) is 6.42 Å². The molecular formula is C13H19NO3S. The summed E-state index contributed by atoms with van der Waals surface area (Å²) in [7, 11) is 0. The number of rotatable bonds is 5. The van der Waals surface area contributed by atoms with Crippen molar-refractivity contribution >= 4 is 23.2 Å². The van der Waals surface area contributed by atoms with Gasteiger partial charge in [-0.05, 0) is 38.6 Å². The van der Waals surface area contributed by atoms with Crippen molar-refractivity contribution in [1.82, 2.24) is 5.32 Å². The SMILES string of the molecule is CCC(C)(C)NC(=O)[C@H](C)OC(=O)c1cccs1. The van der Waals surface area contributed by atoms with Crippen LogP contribution in [0.5, 0.6) is 0 Å². The summed E-state index contributed by atoms with van der Waals surface area (Å²) in [6.07, 6.45) is 0.0232. The van der Waals surface area contributed by atoms with Gasteiger partial charge in [-0.2, -0.15) is 0 Å². The molecule has 0 aliphatic rings. The van der Waals surface area contributed by atoms with E-state index in [9.17, 15) is 9.59 Å². The van der Waals surface area contributed by atoms with Crippen molar-refractivity contribution in [3.05, 3.63) is 22.4 Å². The van der Waals surface area contributed by atoms with E-state index in [2.05, 4.69) is 5.32 Å². The highest BCUT2D eigenvalue weighted by atomic mass is 32.1. The molecule has 0 aliphatic heterocycles. The second-order valence-corrected chi connectivity index (χ2v) is 5.70. The molecule has 0 saturated carbocycles. The molecule has 1 N–H and O–H groups in total. The fraction of sp³-hybridized carbons (Fsp3) is 0.538. The molecule has 0 spiro atoms. The van der Waals surface area contributed by atoms with Crippen LogP contribution in [0.2, 0.25) is 0 Å². The van der Waals surface area contributed by atoms with E-state index >= 15 is 0 Å². The lowest BCUT2D eigenvalue weighted by molar-refractivity contribution is -0.130. The molecule has 1 atom stereocenters. The van der Waals surface area contributed by atoms with Crippen LogP contribution in [0.4, 0.5) is 0 Å². The molecular weight excluding hydrogens is 250 g/mol. The predicted molar refractivity (Wildman–Crippen MR) is 71.7 cm³/mol. The number of thiophene rings is 1. The van der Waals surface area contributed by atoms with E-state index in [4.69, 9.17) is 4.74 Å². The molecule has 1 aromatic rings. The van der Waals surface area contributed by atoms with Gasteiger partial charge in [0.15, 0.2) is 6.10 Å². The minimum atomic E-state index is -0.787. The average molecular weight is 269 g/mol. The molecule has 0 aliphatic carbocycles. The van der Waals surface area contributed by atoms with Crippen LogP contribution in [0.3, 0.4) is 0 Å². The van der Waals surface area contributed by atoms with Gasteiger partial charge in [-0.25, -0.2) is 4.79 Å². The highest BCUT2D eigenvalue weighted by molar-refractivity contribution is 7.11. The average Bonchev–Trinajstić information content (AvgIpc) is 2.81. The zero-order valence-electron chi connectivity index (χ0n) is 11.1. The summed E-state index contributed by atoms with van der Waals surface area (Å²) in [5.74, 6) is -0.728. The van der Waals surface area contributed by atoms with Crippen LogP contribution in [-0.4, -0.2) is 23.5 Å². The highest BCUT2D eigenvalue weighted by Gasteiger charge is 2.24. The van der Waals surface area contributed by atoms with E-state index in [0.29, 0.717) is 4.88 Å². The molecule has 1 rings (SSSR count). The maximum Gasteiger partial charge on any atom is 0.349 e. The van der Waals surface area contributed by atoms with Crippen molar-refractivity contribution < 1.29 is 14.3 Å². The van der Waals surface area contributed by atoms with Crippen LogP contribution in [0.25, 0.3) is 0 Å². The van der Waals surface area contributed by atoms with Crippen LogP contribution < -0.4 is 5.32 Å². The Kier molecular flexibility index (Phi) is 4.90. The van der Waals surface area contributed by atoms with Crippen LogP contribution in [0, 0.1) is 0 Å². The van der Waals surface area contributed by atoms with Crippen molar-refractivity contribution in [2.45, 2.75) is 45.8 Å². The molecule has 5 heteroatoms. The van der Waals surface area contributed by atoms with Gasteiger partial charge < -0.3 is 10.1 Å². The Morgan fingerprint density at radius 2 is 2.17 bits per heavy atom. The lowest BCUT2D eigenvalue weighted by Gasteiger charge is -2.26. The Bertz CT molecular complexity index is 412. The Morgan fingerprint density at radius 1 is 1.50 bits per heavy atom. The lowest BCUT2D eigenvalue weighted by atomic mass is 10.0. The topological polar surface area (TPSA) is 55.4 Å². The van der Waals surface area contributed by atoms with E-state index in [1.165, 1.54) is 11.3 Å². The molecule has 4 nitrogen and oxygen atoms in total. The van der Waals surface area contributed by atoms with Crippen LogP contribution in [0.15, 0.2) is 17.5 Å². The van der Waals surface area contributed by atoms with Crippen LogP contribution in [0.1, 0.15) is 43.8 Å². The molecule has 0 unspecified atom stereocenters. The summed E-state index contributed by atoms with van der Waals surface area (Å²) in [6.45, 7) is 7.42. The second-order valence-electron chi connectivity index (χ2n) is 4.75. The normalized spacial score (nSPS) is 12.9. The number of ether oxygens (including phenoxy) is 1. The number of amides is 1. The molecule has 1 heterocycles. The predicted octanol–water partition coefficient (Wildman–Crippen LogP) is 2.60. The first-order valence-electron chi connectivity index (χ1n) is 5.92. The Balaban J connectivity index is 2.53. The summed E-state index contributed by atoms with van der Waals surface area (Å²) in [5.41, 5.74) is -0.291. The standard InChI is InChI=1S/C13H19NO3S/c1-5-13(3,4)14-11(15)9(2)17-12(16)10-7-6-8-18-10/h6-9H,5H2,1-4H3,(H,14,15)/t9-/m0/s1. The van der Waals surface area contributed by atoms with E-state index in [1.807, 2.05) is 20.8 Å². The highest BCUT2D eigenvalue weighted by Crippen LogP contribution is 2.12. The summed E-state index contributed by atoms with van der Waals surface area (Å²) in [4.78, 5) is 24.0. The minimum Gasteiger partial charge on any atom is -0.448 e. The van der Waals surface area contributed by atoms with Crippen LogP contribution in [-0.2, 0) is 9.53 Å². The molecule has 0 aromatic carbocycles. The van der Waals surface area contributed by atoms with Crippen LogP contribution >= 0.6 is 11.3 Å². The molecule has 1 amide bonds. The summed E-state index contributed by atoms with van der Waals surface area (Å²) < 4.78 is 5.11. The fourth-order valence-electron chi connectivity index (χ4n) is 1.19. The minimum absolute atomic E-state index is 0.272. The lowest BCUT2D eigenvalue weighted by Crippen LogP contribution is -2.47. The maximum atomic E-state index is 11.8. The molecule has 18 heavy (non-hydrogen) atoms. The van der Waals surface area contributed by atoms with Gasteiger partial charge in [0.1, 0.15) is 4.88 Å². The van der Waals surface area contributed by atoms with Crippen molar-refractivity contribution in [3.8, 4) is 0 Å². The molecule has 100 valence electrons. The third-order valence-electron chi connectivity index (χ3n) is 2.72. The third-order valence-corrected chi connectivity index (χ3v) is 3.57. The number of hydrogen-bond acceptors (Lipinski definition) is 4. The van der Waals surface area contributed by atoms with Crippen molar-refractivity contribution in [1.29, 1.82) is 0 Å². The van der Waals surface area contributed by atoms with Gasteiger partial charge in [0.25, 0.3) is 5.91 Å². The molecule has 0 bridgehead atoms. The van der Waals surface area contributed by atoms with Gasteiger partial charge in [0.05, 0.1) is 0 Å². The number of esters is 1. The second kappa shape index (κ2) is 6.00. The first kappa shape index (κ1) is 14.7. The van der Waals surface area contributed by atoms with E-state index in [1.54, 1.807) is 24.4 Å². The fourth-order valence-corrected chi connectivity index (χ4v) is 1.80. The summed E-state index contributed by atoms with van der Waals surface area (Å²) in [5, 5.41) is 4.64. The van der Waals surface area contributed by atoms with Gasteiger partial charge in [0.2, 0.25) is 0 Å². The van der Waals surface area contributed by atoms with Crippen molar-refractivity contribution in [2.75, 3.05) is 0 Å². The van der Waals surface area contributed by atoms with Gasteiger partial charge >= 0.3 is 5.97 Å². The quantitative estimate of drug-likeness (QED) is 0.836. The summed E-state index contributed by atoms with van der Waals surface area (Å²) >= 11 is 1.30. The van der Waals surface area contributed by atoms with Gasteiger partial charge in [-0.15, -0.1) is 11.3 Å². The first-order chi connectivity index (χ1) is 8.35. The zero-order chi connectivity index (χ0) is 13.8. The molecule has 0 radical (unpaired) electrons. The third kappa shape index (κ3) is 4.14. The molecule has 0 saturated heterocycles. The van der Waals surface area contributed by atoms with E-state index < -0.39 is 12.1 Å². The molecule has 1 aromatic heterocycles. The smallest absolute Gasteiger partial charge is 0.349 e. The van der Waals surface area contributed by atoms with Crippen molar-refractivity contribution in [3.63, 3.8) is 0 Å². The largest absolute Gasteiger partial charge is 0.448 e. The Hall–Kier alpha value is -1.36. The van der Waals surface area contributed by atoms with Gasteiger partial charge in [0, 0.05) is 5.54 Å². The monoisotopic (exact) mass is 269 g/mol. The number of nitrogens with one attached hydrogen (secondary N) is 1. The summed E-state index contributed by atoms with van der Waals surface area (Å²) in [6, 6.07) is 3.44. The first-order valence-corrected chi connectivity index (χ1v) is 6.80. The Morgan fingerprint density at radius 3 is 2.67 bits per heavy atom. The number of hydrogen-bond donors (Lipinski definition) is 1. The number of carbonyl (C=O) groups is 2. The number of carbonyl (C=O) groups excluding carboxylic acids is 2. The van der Waals surface area contributed by atoms with Crippen molar-refractivity contribution in [2.24, 2.45) is 0 Å². The zero-order valence-corrected chi connectivity index (χ0v) is 12.0. The van der Waals surface area contributed by atoms with Gasteiger partial charge in [-0.1, -0.05) is 13.0 Å². The van der Waals surface area contributed by atoms with Gasteiger partial charge in [-0.3, -0.25) is 4.79 Å². The Labute approximate surface area is 111 Å². The molecule has 0 fully saturated rings.